The van der Waals surface area contributed by atoms with Crippen molar-refractivity contribution < 1.29 is 4.39 Å². The van der Waals surface area contributed by atoms with E-state index in [0.717, 1.165) is 10.1 Å². The topological polar surface area (TPSA) is 41.1 Å². The van der Waals surface area contributed by atoms with Crippen LogP contribution in [0.2, 0.25) is 0 Å². The number of hydrogen-bond donors (Lipinski definition) is 1. The molecule has 0 bridgehead atoms. The number of hydrogen-bond acceptors (Lipinski definition) is 6. The quantitative estimate of drug-likeness (QED) is 0.781. The van der Waals surface area contributed by atoms with Gasteiger partial charge in [0.25, 0.3) is 0 Å². The van der Waals surface area contributed by atoms with E-state index in [1.165, 1.54) is 55.7 Å². The van der Waals surface area contributed by atoms with Crippen molar-refractivity contribution in [2.24, 2.45) is 0 Å². The van der Waals surface area contributed by atoms with E-state index in [0.29, 0.717) is 16.9 Å². The molecule has 1 saturated heterocycles. The Balaban J connectivity index is 1.47. The summed E-state index contributed by atoms with van der Waals surface area (Å²) in [7, 11) is 2.22. The molecule has 1 aliphatic heterocycles. The molecule has 1 fully saturated rings. The van der Waals surface area contributed by atoms with E-state index in [9.17, 15) is 4.39 Å². The molecule has 0 aliphatic carbocycles. The van der Waals surface area contributed by atoms with Gasteiger partial charge in [0.2, 0.25) is 5.13 Å². The maximum Gasteiger partial charge on any atom is 0.210 e. The van der Waals surface area contributed by atoms with Gasteiger partial charge in [0, 0.05) is 17.5 Å². The van der Waals surface area contributed by atoms with Crippen LogP contribution in [0.3, 0.4) is 0 Å². The minimum Gasteiger partial charge on any atom is -0.330 e. The van der Waals surface area contributed by atoms with Crippen LogP contribution in [0.25, 0.3) is 0 Å². The molecule has 7 heteroatoms. The van der Waals surface area contributed by atoms with Gasteiger partial charge in [0.15, 0.2) is 4.34 Å². The lowest BCUT2D eigenvalue weighted by Gasteiger charge is -2.32. The minimum absolute atomic E-state index is 0.259. The molecule has 124 valence electrons. The molecular weight excluding hydrogens is 331 g/mol. The highest BCUT2D eigenvalue weighted by molar-refractivity contribution is 8.01. The van der Waals surface area contributed by atoms with Crippen molar-refractivity contribution in [1.29, 1.82) is 0 Å². The Kier molecular flexibility index (Phi) is 5.85. The van der Waals surface area contributed by atoms with Gasteiger partial charge in [0.1, 0.15) is 5.82 Å². The van der Waals surface area contributed by atoms with E-state index in [4.69, 9.17) is 0 Å². The molecule has 1 aromatic carbocycles. The van der Waals surface area contributed by atoms with Crippen molar-refractivity contribution in [2.45, 2.75) is 36.1 Å². The highest BCUT2D eigenvalue weighted by Gasteiger charge is 2.18. The molecule has 1 aliphatic rings. The Labute approximate surface area is 144 Å². The van der Waals surface area contributed by atoms with Crippen LogP contribution >= 0.6 is 23.1 Å². The van der Waals surface area contributed by atoms with E-state index in [2.05, 4.69) is 27.5 Å². The van der Waals surface area contributed by atoms with E-state index in [1.807, 2.05) is 6.07 Å². The lowest BCUT2D eigenvalue weighted by atomic mass is 10.0. The van der Waals surface area contributed by atoms with Crippen LogP contribution in [0.15, 0.2) is 28.6 Å². The molecule has 0 radical (unpaired) electrons. The number of nitrogens with zero attached hydrogens (tertiary/aromatic N) is 3. The summed E-state index contributed by atoms with van der Waals surface area (Å²) in [5, 5.41) is 12.1. The third kappa shape index (κ3) is 4.89. The summed E-state index contributed by atoms with van der Waals surface area (Å²) < 4.78 is 14.1. The number of nitrogens with one attached hydrogen (secondary N) is 1. The first-order valence-corrected chi connectivity index (χ1v) is 9.70. The smallest absolute Gasteiger partial charge is 0.210 e. The largest absolute Gasteiger partial charge is 0.330 e. The standard InChI is InChI=1S/C16H21FN4S2/c1-21-9-3-2-7-14(21)8-10-22-16-20-19-15(23-16)18-13-6-4-5-12(17)11-13/h4-6,11,14H,2-3,7-10H2,1H3,(H,18,19). The molecule has 1 aromatic heterocycles. The monoisotopic (exact) mass is 352 g/mol. The lowest BCUT2D eigenvalue weighted by molar-refractivity contribution is 0.182. The zero-order valence-corrected chi connectivity index (χ0v) is 14.8. The van der Waals surface area contributed by atoms with Gasteiger partial charge >= 0.3 is 0 Å². The first kappa shape index (κ1) is 16.7. The molecule has 2 heterocycles. The number of aromatic nitrogens is 2. The van der Waals surface area contributed by atoms with Crippen LogP contribution in [-0.4, -0.2) is 40.5 Å². The fourth-order valence-corrected chi connectivity index (χ4v) is 4.68. The zero-order valence-electron chi connectivity index (χ0n) is 13.2. The average molecular weight is 353 g/mol. The molecule has 23 heavy (non-hydrogen) atoms. The molecule has 1 atom stereocenters. The number of rotatable bonds is 6. The minimum atomic E-state index is -0.259. The first-order valence-electron chi connectivity index (χ1n) is 7.90. The second-order valence-corrected chi connectivity index (χ2v) is 8.10. The molecule has 4 nitrogen and oxygen atoms in total. The van der Waals surface area contributed by atoms with Crippen LogP contribution in [-0.2, 0) is 0 Å². The molecule has 0 saturated carbocycles. The number of halogens is 1. The summed E-state index contributed by atoms with van der Waals surface area (Å²) in [6.45, 7) is 1.22. The van der Waals surface area contributed by atoms with Gasteiger partial charge < -0.3 is 10.2 Å². The Morgan fingerprint density at radius 1 is 1.39 bits per heavy atom. The normalized spacial score (nSPS) is 19.0. The Hall–Kier alpha value is -1.18. The predicted molar refractivity (Wildman–Crippen MR) is 95.2 cm³/mol. The summed E-state index contributed by atoms with van der Waals surface area (Å²) in [5.41, 5.74) is 0.696. The van der Waals surface area contributed by atoms with Gasteiger partial charge in [-0.05, 0) is 51.1 Å². The van der Waals surface area contributed by atoms with Crippen molar-refractivity contribution in [3.8, 4) is 0 Å². The third-order valence-electron chi connectivity index (χ3n) is 4.08. The fourth-order valence-electron chi connectivity index (χ4n) is 2.80. The van der Waals surface area contributed by atoms with Gasteiger partial charge in [0.05, 0.1) is 0 Å². The number of likely N-dealkylation sites (tertiary alicyclic amines) is 1. The van der Waals surface area contributed by atoms with Crippen LogP contribution in [0.1, 0.15) is 25.7 Å². The maximum absolute atomic E-state index is 13.2. The van der Waals surface area contributed by atoms with Gasteiger partial charge in [-0.25, -0.2) is 4.39 Å². The second-order valence-electron chi connectivity index (χ2n) is 5.78. The molecule has 2 aromatic rings. The third-order valence-corrected chi connectivity index (χ3v) is 6.09. The number of piperidine rings is 1. The van der Waals surface area contributed by atoms with Crippen molar-refractivity contribution in [2.75, 3.05) is 24.7 Å². The summed E-state index contributed by atoms with van der Waals surface area (Å²) in [5.74, 6) is 0.801. The van der Waals surface area contributed by atoms with Gasteiger partial charge in [-0.15, -0.1) is 10.2 Å². The van der Waals surface area contributed by atoms with Gasteiger partial charge in [-0.1, -0.05) is 35.6 Å². The lowest BCUT2D eigenvalue weighted by Crippen LogP contribution is -2.36. The van der Waals surface area contributed by atoms with Crippen LogP contribution in [0, 0.1) is 5.82 Å². The second kappa shape index (κ2) is 8.08. The predicted octanol–water partition coefficient (Wildman–Crippen LogP) is 4.39. The highest BCUT2D eigenvalue weighted by Crippen LogP contribution is 2.29. The van der Waals surface area contributed by atoms with Crippen molar-refractivity contribution >= 4 is 33.9 Å². The van der Waals surface area contributed by atoms with Crippen molar-refractivity contribution in [1.82, 2.24) is 15.1 Å². The number of thioether (sulfide) groups is 1. The van der Waals surface area contributed by atoms with Gasteiger partial charge in [-0.3, -0.25) is 0 Å². The molecular formula is C16H21FN4S2. The summed E-state index contributed by atoms with van der Waals surface area (Å²) in [6.07, 6.45) is 5.17. The van der Waals surface area contributed by atoms with Crippen LogP contribution in [0.4, 0.5) is 15.2 Å². The molecule has 0 amide bonds. The average Bonchev–Trinajstić information content (AvgIpc) is 2.97. The maximum atomic E-state index is 13.2. The fraction of sp³-hybridized carbons (Fsp3) is 0.500. The molecule has 1 N–H and O–H groups in total. The summed E-state index contributed by atoms with van der Waals surface area (Å²) >= 11 is 3.27. The summed E-state index contributed by atoms with van der Waals surface area (Å²) in [6, 6.07) is 7.07. The van der Waals surface area contributed by atoms with Crippen LogP contribution in [0.5, 0.6) is 0 Å². The number of anilines is 2. The Morgan fingerprint density at radius 2 is 2.30 bits per heavy atom. The Morgan fingerprint density at radius 3 is 3.13 bits per heavy atom. The number of benzene rings is 1. The van der Waals surface area contributed by atoms with Crippen molar-refractivity contribution in [3.05, 3.63) is 30.1 Å². The highest BCUT2D eigenvalue weighted by atomic mass is 32.2. The summed E-state index contributed by atoms with van der Waals surface area (Å²) in [4.78, 5) is 2.47. The first-order chi connectivity index (χ1) is 11.2. The van der Waals surface area contributed by atoms with Gasteiger partial charge in [-0.2, -0.15) is 0 Å². The van der Waals surface area contributed by atoms with Crippen molar-refractivity contribution in [3.63, 3.8) is 0 Å². The van der Waals surface area contributed by atoms with E-state index in [-0.39, 0.29) is 5.82 Å². The van der Waals surface area contributed by atoms with E-state index < -0.39 is 0 Å². The zero-order chi connectivity index (χ0) is 16.1. The van der Waals surface area contributed by atoms with Crippen LogP contribution < -0.4 is 5.32 Å². The van der Waals surface area contributed by atoms with E-state index >= 15 is 0 Å². The van der Waals surface area contributed by atoms with E-state index in [1.54, 1.807) is 17.8 Å². The molecule has 1 unspecified atom stereocenters. The SMILES string of the molecule is CN1CCCCC1CCSc1nnc(Nc2cccc(F)c2)s1. The molecule has 0 spiro atoms. The Bertz CT molecular complexity index is 634. The molecule has 3 rings (SSSR count).